The van der Waals surface area contributed by atoms with Gasteiger partial charge >= 0.3 is 0 Å². The summed E-state index contributed by atoms with van der Waals surface area (Å²) in [5, 5.41) is 0. The van der Waals surface area contributed by atoms with Gasteiger partial charge in [-0.1, -0.05) is 0 Å². The second-order valence-electron chi connectivity index (χ2n) is 6.39. The van der Waals surface area contributed by atoms with Gasteiger partial charge < -0.3 is 15.4 Å². The van der Waals surface area contributed by atoms with Crippen LogP contribution >= 0.6 is 0 Å². The maximum Gasteiger partial charge on any atom is 0.131 e. The predicted octanol–water partition coefficient (Wildman–Crippen LogP) is 2.37. The summed E-state index contributed by atoms with van der Waals surface area (Å²) in [5.74, 6) is 1.01. The van der Waals surface area contributed by atoms with Gasteiger partial charge in [-0.25, -0.2) is 4.98 Å². The van der Waals surface area contributed by atoms with E-state index in [0.29, 0.717) is 5.69 Å². The van der Waals surface area contributed by atoms with Crippen LogP contribution in [0.15, 0.2) is 12.3 Å². The number of anilines is 2. The van der Waals surface area contributed by atoms with Crippen molar-refractivity contribution < 1.29 is 4.74 Å². The van der Waals surface area contributed by atoms with E-state index in [4.69, 9.17) is 10.5 Å². The largest absolute Gasteiger partial charge is 0.397 e. The first kappa shape index (κ1) is 13.1. The molecule has 0 spiro atoms. The van der Waals surface area contributed by atoms with Crippen LogP contribution in [0.5, 0.6) is 0 Å². The van der Waals surface area contributed by atoms with Crippen LogP contribution in [0, 0.1) is 6.92 Å². The number of pyridine rings is 1. The van der Waals surface area contributed by atoms with Crippen molar-refractivity contribution in [2.24, 2.45) is 0 Å². The first-order valence-electron chi connectivity index (χ1n) is 6.36. The number of aromatic nitrogens is 1. The third-order valence-corrected chi connectivity index (χ3v) is 3.07. The summed E-state index contributed by atoms with van der Waals surface area (Å²) < 4.78 is 6.08. The van der Waals surface area contributed by atoms with E-state index in [-0.39, 0.29) is 11.2 Å². The molecule has 0 aliphatic carbocycles. The molecule has 0 aromatic carbocycles. The zero-order valence-electron chi connectivity index (χ0n) is 11.9. The second-order valence-corrected chi connectivity index (χ2v) is 6.39. The molecule has 1 saturated heterocycles. The molecule has 4 nitrogen and oxygen atoms in total. The zero-order valence-corrected chi connectivity index (χ0v) is 11.9. The highest BCUT2D eigenvalue weighted by atomic mass is 16.5. The first-order chi connectivity index (χ1) is 8.19. The van der Waals surface area contributed by atoms with E-state index >= 15 is 0 Å². The molecule has 1 aliphatic rings. The van der Waals surface area contributed by atoms with Crippen LogP contribution in [0.2, 0.25) is 0 Å². The van der Waals surface area contributed by atoms with Gasteiger partial charge in [0.25, 0.3) is 0 Å². The van der Waals surface area contributed by atoms with Crippen molar-refractivity contribution in [1.82, 2.24) is 4.98 Å². The number of nitrogen functional groups attached to an aromatic ring is 1. The lowest BCUT2D eigenvalue weighted by molar-refractivity contribution is -0.133. The van der Waals surface area contributed by atoms with Crippen molar-refractivity contribution in [2.45, 2.75) is 45.8 Å². The van der Waals surface area contributed by atoms with Gasteiger partial charge in [0.1, 0.15) is 5.82 Å². The van der Waals surface area contributed by atoms with E-state index in [1.54, 1.807) is 6.20 Å². The van der Waals surface area contributed by atoms with Crippen molar-refractivity contribution in [3.05, 3.63) is 17.8 Å². The number of nitrogens with zero attached hydrogens (tertiary/aromatic N) is 2. The van der Waals surface area contributed by atoms with E-state index in [9.17, 15) is 0 Å². The van der Waals surface area contributed by atoms with Crippen molar-refractivity contribution >= 4 is 11.5 Å². The normalized spacial score (nSPS) is 21.9. The highest BCUT2D eigenvalue weighted by molar-refractivity contribution is 5.53. The average molecular weight is 249 g/mol. The van der Waals surface area contributed by atoms with Crippen molar-refractivity contribution in [1.29, 1.82) is 0 Å². The zero-order chi connectivity index (χ0) is 13.6. The minimum Gasteiger partial charge on any atom is -0.397 e. The number of hydrogen-bond acceptors (Lipinski definition) is 4. The fourth-order valence-corrected chi connectivity index (χ4v) is 2.86. The number of ether oxygens (including phenoxy) is 1. The van der Waals surface area contributed by atoms with Crippen LogP contribution < -0.4 is 10.6 Å². The number of hydrogen-bond donors (Lipinski definition) is 1. The van der Waals surface area contributed by atoms with Gasteiger partial charge in [0.2, 0.25) is 0 Å². The Hall–Kier alpha value is -1.29. The van der Waals surface area contributed by atoms with Crippen LogP contribution in [0.25, 0.3) is 0 Å². The number of aryl methyl sites for hydroxylation is 1. The van der Waals surface area contributed by atoms with Crippen LogP contribution in [0.1, 0.15) is 33.3 Å². The highest BCUT2D eigenvalue weighted by Gasteiger charge is 2.38. The van der Waals surface area contributed by atoms with Gasteiger partial charge in [0.15, 0.2) is 0 Å². The van der Waals surface area contributed by atoms with Crippen molar-refractivity contribution in [2.75, 3.05) is 23.7 Å². The minimum absolute atomic E-state index is 0.169. The monoisotopic (exact) mass is 249 g/mol. The minimum atomic E-state index is -0.169. The molecule has 100 valence electrons. The molecule has 18 heavy (non-hydrogen) atoms. The molecule has 0 atom stereocenters. The molecular formula is C14H23N3O. The Kier molecular flexibility index (Phi) is 3.01. The fraction of sp³-hybridized carbons (Fsp3) is 0.643. The molecule has 1 fully saturated rings. The molecule has 1 aromatic heterocycles. The van der Waals surface area contributed by atoms with Gasteiger partial charge in [-0.15, -0.1) is 0 Å². The fourth-order valence-electron chi connectivity index (χ4n) is 2.86. The predicted molar refractivity (Wildman–Crippen MR) is 74.8 cm³/mol. The molecule has 0 saturated carbocycles. The molecular weight excluding hydrogens is 226 g/mol. The van der Waals surface area contributed by atoms with E-state index in [1.807, 2.05) is 13.0 Å². The summed E-state index contributed by atoms with van der Waals surface area (Å²) in [6.45, 7) is 12.2. The summed E-state index contributed by atoms with van der Waals surface area (Å²) in [6.07, 6.45) is 1.72. The van der Waals surface area contributed by atoms with Gasteiger partial charge in [0.05, 0.1) is 23.1 Å². The average Bonchev–Trinajstić information content (AvgIpc) is 2.11. The Bertz CT molecular complexity index is 438. The Balaban J connectivity index is 2.32. The summed E-state index contributed by atoms with van der Waals surface area (Å²) in [4.78, 5) is 6.77. The molecule has 2 rings (SSSR count). The molecule has 0 amide bonds. The Morgan fingerprint density at radius 3 is 2.28 bits per heavy atom. The molecule has 0 radical (unpaired) electrons. The summed E-state index contributed by atoms with van der Waals surface area (Å²) in [5.41, 5.74) is 7.24. The topological polar surface area (TPSA) is 51.4 Å². The van der Waals surface area contributed by atoms with Crippen LogP contribution in [0.4, 0.5) is 11.5 Å². The quantitative estimate of drug-likeness (QED) is 0.830. The lowest BCUT2D eigenvalue weighted by atomic mass is 9.98. The van der Waals surface area contributed by atoms with Gasteiger partial charge in [-0.2, -0.15) is 0 Å². The molecule has 2 N–H and O–H groups in total. The standard InChI is InChI=1S/C14H23N3O/c1-10-6-11(15)7-16-12(10)17-8-13(2,3)18-14(4,5)9-17/h6-7H,8-9,15H2,1-5H3. The van der Waals surface area contributed by atoms with Gasteiger partial charge in [-0.3, -0.25) is 0 Å². The third-order valence-electron chi connectivity index (χ3n) is 3.07. The summed E-state index contributed by atoms with van der Waals surface area (Å²) in [7, 11) is 0. The van der Waals surface area contributed by atoms with E-state index in [2.05, 4.69) is 37.6 Å². The Morgan fingerprint density at radius 2 is 1.78 bits per heavy atom. The van der Waals surface area contributed by atoms with Crippen molar-refractivity contribution in [3.8, 4) is 0 Å². The number of nitrogens with two attached hydrogens (primary N) is 1. The smallest absolute Gasteiger partial charge is 0.131 e. The lowest BCUT2D eigenvalue weighted by Gasteiger charge is -2.47. The van der Waals surface area contributed by atoms with E-state index in [0.717, 1.165) is 24.5 Å². The third kappa shape index (κ3) is 2.75. The molecule has 4 heteroatoms. The Morgan fingerprint density at radius 1 is 1.22 bits per heavy atom. The van der Waals surface area contributed by atoms with E-state index in [1.165, 1.54) is 0 Å². The SMILES string of the molecule is Cc1cc(N)cnc1N1CC(C)(C)OC(C)(C)C1. The molecule has 1 aromatic rings. The lowest BCUT2D eigenvalue weighted by Crippen LogP contribution is -2.57. The van der Waals surface area contributed by atoms with Crippen molar-refractivity contribution in [3.63, 3.8) is 0 Å². The molecule has 0 bridgehead atoms. The summed E-state index contributed by atoms with van der Waals surface area (Å²) >= 11 is 0. The molecule has 1 aliphatic heterocycles. The first-order valence-corrected chi connectivity index (χ1v) is 6.36. The van der Waals surface area contributed by atoms with E-state index < -0.39 is 0 Å². The molecule has 2 heterocycles. The number of morpholine rings is 1. The van der Waals surface area contributed by atoms with Crippen LogP contribution in [-0.4, -0.2) is 29.3 Å². The van der Waals surface area contributed by atoms with Crippen LogP contribution in [-0.2, 0) is 4.74 Å². The second kappa shape index (κ2) is 4.12. The summed E-state index contributed by atoms with van der Waals surface area (Å²) in [6, 6.07) is 1.97. The number of rotatable bonds is 1. The Labute approximate surface area is 109 Å². The van der Waals surface area contributed by atoms with Crippen LogP contribution in [0.3, 0.4) is 0 Å². The van der Waals surface area contributed by atoms with Gasteiger partial charge in [-0.05, 0) is 46.2 Å². The highest BCUT2D eigenvalue weighted by Crippen LogP contribution is 2.32. The molecule has 0 unspecified atom stereocenters. The maximum atomic E-state index is 6.08. The maximum absolute atomic E-state index is 6.08. The van der Waals surface area contributed by atoms with Gasteiger partial charge in [0, 0.05) is 13.1 Å².